The fourth-order valence-corrected chi connectivity index (χ4v) is 2.66. The number of nitrogens with one attached hydrogen (secondary N) is 1. The Kier molecular flexibility index (Phi) is 5.41. The second-order valence-electron chi connectivity index (χ2n) is 4.57. The zero-order chi connectivity index (χ0) is 16.1. The molecule has 0 aliphatic rings. The summed E-state index contributed by atoms with van der Waals surface area (Å²) in [6, 6.07) is 6.65. The summed E-state index contributed by atoms with van der Waals surface area (Å²) in [6.45, 7) is -0.0651. The zero-order valence-corrected chi connectivity index (χ0v) is 13.7. The van der Waals surface area contributed by atoms with Crippen molar-refractivity contribution in [3.8, 4) is 5.75 Å². The van der Waals surface area contributed by atoms with Crippen LogP contribution in [0.2, 0.25) is 5.02 Å². The molecule has 1 aromatic heterocycles. The Labute approximate surface area is 137 Å². The Hall–Kier alpha value is -2.05. The molecule has 1 N–H and O–H groups in total. The molecule has 0 unspecified atom stereocenters. The van der Waals surface area contributed by atoms with Crippen LogP contribution in [0.3, 0.4) is 0 Å². The summed E-state index contributed by atoms with van der Waals surface area (Å²) in [7, 11) is 3.08. The van der Waals surface area contributed by atoms with Crippen LogP contribution in [-0.4, -0.2) is 37.4 Å². The van der Waals surface area contributed by atoms with Gasteiger partial charge >= 0.3 is 0 Å². The lowest BCUT2D eigenvalue weighted by Crippen LogP contribution is -2.34. The van der Waals surface area contributed by atoms with E-state index in [0.29, 0.717) is 22.0 Å². The molecule has 0 spiro atoms. The van der Waals surface area contributed by atoms with Crippen LogP contribution >= 0.6 is 22.9 Å². The van der Waals surface area contributed by atoms with E-state index in [1.165, 1.54) is 23.3 Å². The topological polar surface area (TPSA) is 58.6 Å². The predicted octanol–water partition coefficient (Wildman–Crippen LogP) is 3.12. The zero-order valence-electron chi connectivity index (χ0n) is 12.1. The first-order valence-electron chi connectivity index (χ1n) is 6.42. The number of halogens is 1. The highest BCUT2D eigenvalue weighted by atomic mass is 35.5. The third-order valence-corrected chi connectivity index (χ3v) is 3.85. The number of hydrogen-bond acceptors (Lipinski definition) is 4. The van der Waals surface area contributed by atoms with Crippen LogP contribution in [0.25, 0.3) is 0 Å². The van der Waals surface area contributed by atoms with E-state index in [4.69, 9.17) is 16.3 Å². The van der Waals surface area contributed by atoms with Gasteiger partial charge in [0.15, 0.2) is 0 Å². The summed E-state index contributed by atoms with van der Waals surface area (Å²) >= 11 is 7.34. The molecule has 116 valence electrons. The number of hydrogen-bond donors (Lipinski definition) is 1. The number of anilines is 1. The summed E-state index contributed by atoms with van der Waals surface area (Å²) in [4.78, 5) is 25.5. The standard InChI is InChI=1S/C15H15ClN2O3S/c1-18(15(20)10-5-6-22-9-10)8-14(19)17-12-7-11(16)3-4-13(12)21-2/h3-7,9H,8H2,1-2H3,(H,17,19). The lowest BCUT2D eigenvalue weighted by molar-refractivity contribution is -0.116. The minimum atomic E-state index is -0.327. The number of rotatable bonds is 5. The number of nitrogens with zero attached hydrogens (tertiary/aromatic N) is 1. The molecule has 1 aromatic carbocycles. The third-order valence-electron chi connectivity index (χ3n) is 2.93. The average Bonchev–Trinajstić information content (AvgIpc) is 3.00. The first kappa shape index (κ1) is 16.3. The maximum absolute atomic E-state index is 12.1. The first-order chi connectivity index (χ1) is 10.5. The maximum atomic E-state index is 12.1. The molecule has 0 atom stereocenters. The van der Waals surface area contributed by atoms with Crippen molar-refractivity contribution < 1.29 is 14.3 Å². The smallest absolute Gasteiger partial charge is 0.254 e. The lowest BCUT2D eigenvalue weighted by Gasteiger charge is -2.17. The number of amides is 2. The van der Waals surface area contributed by atoms with E-state index in [2.05, 4.69) is 5.32 Å². The molecular formula is C15H15ClN2O3S. The average molecular weight is 339 g/mol. The van der Waals surface area contributed by atoms with Crippen LogP contribution in [0.15, 0.2) is 35.0 Å². The number of benzene rings is 1. The van der Waals surface area contributed by atoms with E-state index < -0.39 is 0 Å². The van der Waals surface area contributed by atoms with E-state index in [1.807, 2.05) is 5.38 Å². The van der Waals surface area contributed by atoms with Crippen molar-refractivity contribution in [3.63, 3.8) is 0 Å². The minimum absolute atomic E-state index is 0.0651. The normalized spacial score (nSPS) is 10.1. The van der Waals surface area contributed by atoms with Gasteiger partial charge < -0.3 is 15.0 Å². The first-order valence-corrected chi connectivity index (χ1v) is 7.74. The second-order valence-corrected chi connectivity index (χ2v) is 5.78. The van der Waals surface area contributed by atoms with Gasteiger partial charge in [-0.1, -0.05) is 11.6 Å². The van der Waals surface area contributed by atoms with Crippen molar-refractivity contribution in [1.29, 1.82) is 0 Å². The van der Waals surface area contributed by atoms with Crippen molar-refractivity contribution in [2.24, 2.45) is 0 Å². The molecule has 0 aliphatic carbocycles. The van der Waals surface area contributed by atoms with E-state index in [1.54, 1.807) is 36.7 Å². The summed E-state index contributed by atoms with van der Waals surface area (Å²) < 4.78 is 5.16. The molecule has 1 heterocycles. The Bertz CT molecular complexity index is 673. The van der Waals surface area contributed by atoms with Gasteiger partial charge in [-0.05, 0) is 29.6 Å². The SMILES string of the molecule is COc1ccc(Cl)cc1NC(=O)CN(C)C(=O)c1ccsc1. The molecule has 0 fully saturated rings. The van der Waals surface area contributed by atoms with Crippen LogP contribution in [0.4, 0.5) is 5.69 Å². The largest absolute Gasteiger partial charge is 0.495 e. The van der Waals surface area contributed by atoms with Crippen molar-refractivity contribution in [3.05, 3.63) is 45.6 Å². The molecule has 2 amide bonds. The Morgan fingerprint density at radius 2 is 2.14 bits per heavy atom. The number of methoxy groups -OCH3 is 1. The van der Waals surface area contributed by atoms with Crippen molar-refractivity contribution >= 4 is 40.4 Å². The van der Waals surface area contributed by atoms with E-state index in [-0.39, 0.29) is 18.4 Å². The maximum Gasteiger partial charge on any atom is 0.254 e. The Morgan fingerprint density at radius 1 is 1.36 bits per heavy atom. The van der Waals surface area contributed by atoms with Gasteiger partial charge in [0.1, 0.15) is 5.75 Å². The summed E-state index contributed by atoms with van der Waals surface area (Å²) in [5, 5.41) is 6.74. The molecule has 0 aliphatic heterocycles. The van der Waals surface area contributed by atoms with Crippen molar-refractivity contribution in [1.82, 2.24) is 4.90 Å². The summed E-state index contributed by atoms with van der Waals surface area (Å²) in [6.07, 6.45) is 0. The summed E-state index contributed by atoms with van der Waals surface area (Å²) in [5.41, 5.74) is 1.04. The van der Waals surface area contributed by atoms with Gasteiger partial charge in [-0.3, -0.25) is 9.59 Å². The Morgan fingerprint density at radius 3 is 2.77 bits per heavy atom. The van der Waals surface area contributed by atoms with E-state index in [9.17, 15) is 9.59 Å². The number of thiophene rings is 1. The van der Waals surface area contributed by atoms with Crippen LogP contribution in [0.1, 0.15) is 10.4 Å². The van der Waals surface area contributed by atoms with Gasteiger partial charge in [0, 0.05) is 17.5 Å². The number of carbonyl (C=O) groups is 2. The fourth-order valence-electron chi connectivity index (χ4n) is 1.86. The minimum Gasteiger partial charge on any atom is -0.495 e. The summed E-state index contributed by atoms with van der Waals surface area (Å²) in [5.74, 6) is -0.0225. The van der Waals surface area contributed by atoms with Gasteiger partial charge in [-0.25, -0.2) is 0 Å². The lowest BCUT2D eigenvalue weighted by atomic mass is 10.2. The fraction of sp³-hybridized carbons (Fsp3) is 0.200. The van der Waals surface area contributed by atoms with E-state index in [0.717, 1.165) is 0 Å². The molecule has 7 heteroatoms. The molecular weight excluding hydrogens is 324 g/mol. The molecule has 0 bridgehead atoms. The van der Waals surface area contributed by atoms with Crippen LogP contribution < -0.4 is 10.1 Å². The molecule has 2 aromatic rings. The molecule has 0 radical (unpaired) electrons. The molecule has 0 saturated heterocycles. The second kappa shape index (κ2) is 7.29. The van der Waals surface area contributed by atoms with Crippen molar-refractivity contribution in [2.45, 2.75) is 0 Å². The Balaban J connectivity index is 2.01. The van der Waals surface area contributed by atoms with Gasteiger partial charge in [-0.15, -0.1) is 0 Å². The van der Waals surface area contributed by atoms with Gasteiger partial charge in [0.25, 0.3) is 5.91 Å². The highest BCUT2D eigenvalue weighted by molar-refractivity contribution is 7.08. The van der Waals surface area contributed by atoms with Gasteiger partial charge in [-0.2, -0.15) is 11.3 Å². The molecule has 0 saturated carbocycles. The third kappa shape index (κ3) is 3.99. The molecule has 5 nitrogen and oxygen atoms in total. The highest BCUT2D eigenvalue weighted by Gasteiger charge is 2.16. The van der Waals surface area contributed by atoms with Crippen molar-refractivity contribution in [2.75, 3.05) is 26.0 Å². The number of likely N-dealkylation sites (N-methyl/N-ethyl adjacent to an activating group) is 1. The van der Waals surface area contributed by atoms with Crippen LogP contribution in [0.5, 0.6) is 5.75 Å². The quantitative estimate of drug-likeness (QED) is 0.911. The highest BCUT2D eigenvalue weighted by Crippen LogP contribution is 2.27. The van der Waals surface area contributed by atoms with Gasteiger partial charge in [0.05, 0.1) is 24.9 Å². The van der Waals surface area contributed by atoms with Crippen LogP contribution in [-0.2, 0) is 4.79 Å². The molecule has 22 heavy (non-hydrogen) atoms. The molecule has 2 rings (SSSR count). The van der Waals surface area contributed by atoms with Gasteiger partial charge in [0.2, 0.25) is 5.91 Å². The number of ether oxygens (including phenoxy) is 1. The number of carbonyl (C=O) groups excluding carboxylic acids is 2. The van der Waals surface area contributed by atoms with E-state index >= 15 is 0 Å². The monoisotopic (exact) mass is 338 g/mol. The van der Waals surface area contributed by atoms with Crippen LogP contribution in [0, 0.1) is 0 Å². The predicted molar refractivity (Wildman–Crippen MR) is 87.9 cm³/mol.